The summed E-state index contributed by atoms with van der Waals surface area (Å²) < 4.78 is 1.99. The number of fused-ring (bicyclic) bond motifs is 1. The van der Waals surface area contributed by atoms with E-state index in [0.29, 0.717) is 5.92 Å². The molecular formula is C29H36N6. The first-order chi connectivity index (χ1) is 17.0. The van der Waals surface area contributed by atoms with Crippen molar-refractivity contribution in [2.75, 3.05) is 31.1 Å². The third-order valence-electron chi connectivity index (χ3n) is 6.70. The molecule has 1 fully saturated rings. The van der Waals surface area contributed by atoms with E-state index in [1.54, 1.807) is 0 Å². The molecule has 2 aromatic heterocycles. The monoisotopic (exact) mass is 468 g/mol. The van der Waals surface area contributed by atoms with E-state index in [9.17, 15) is 0 Å². The highest BCUT2D eigenvalue weighted by molar-refractivity contribution is 5.91. The van der Waals surface area contributed by atoms with Crippen LogP contribution < -0.4 is 4.90 Å². The van der Waals surface area contributed by atoms with Gasteiger partial charge >= 0.3 is 0 Å². The van der Waals surface area contributed by atoms with Crippen LogP contribution in [0.25, 0.3) is 16.7 Å². The highest BCUT2D eigenvalue weighted by atomic mass is 15.3. The number of aryl methyl sites for hydroxylation is 2. The van der Waals surface area contributed by atoms with E-state index in [2.05, 4.69) is 73.9 Å². The summed E-state index contributed by atoms with van der Waals surface area (Å²) in [6.07, 6.45) is 1.97. The molecule has 182 valence electrons. The molecule has 1 aliphatic rings. The predicted molar refractivity (Wildman–Crippen MR) is 143 cm³/mol. The van der Waals surface area contributed by atoms with Gasteiger partial charge in [0.1, 0.15) is 11.6 Å². The van der Waals surface area contributed by atoms with E-state index in [0.717, 1.165) is 79.6 Å². The highest BCUT2D eigenvalue weighted by Gasteiger charge is 2.24. The van der Waals surface area contributed by atoms with Gasteiger partial charge in [-0.15, -0.1) is 0 Å². The Morgan fingerprint density at radius 2 is 1.71 bits per heavy atom. The topological polar surface area (TPSA) is 50.1 Å². The van der Waals surface area contributed by atoms with E-state index in [-0.39, 0.29) is 0 Å². The van der Waals surface area contributed by atoms with Crippen molar-refractivity contribution in [2.45, 2.75) is 47.1 Å². The van der Waals surface area contributed by atoms with Crippen LogP contribution in [0.5, 0.6) is 0 Å². The lowest BCUT2D eigenvalue weighted by molar-refractivity contribution is 0.285. The number of para-hydroxylation sites is 1. The lowest BCUT2D eigenvalue weighted by atomic mass is 10.1. The van der Waals surface area contributed by atoms with Crippen LogP contribution in [0.2, 0.25) is 0 Å². The zero-order valence-corrected chi connectivity index (χ0v) is 21.4. The quantitative estimate of drug-likeness (QED) is 0.382. The highest BCUT2D eigenvalue weighted by Crippen LogP contribution is 2.30. The fourth-order valence-electron chi connectivity index (χ4n) is 5.05. The summed E-state index contributed by atoms with van der Waals surface area (Å²) in [5.41, 5.74) is 5.64. The van der Waals surface area contributed by atoms with Gasteiger partial charge in [0.2, 0.25) is 0 Å². The predicted octanol–water partition coefficient (Wildman–Crippen LogP) is 5.34. The van der Waals surface area contributed by atoms with Gasteiger partial charge in [0.15, 0.2) is 5.65 Å². The third-order valence-corrected chi connectivity index (χ3v) is 6.70. The van der Waals surface area contributed by atoms with Crippen molar-refractivity contribution in [3.8, 4) is 5.69 Å². The average Bonchev–Trinajstić information content (AvgIpc) is 3.00. The van der Waals surface area contributed by atoms with Gasteiger partial charge in [-0.25, -0.2) is 14.6 Å². The Labute approximate surface area is 208 Å². The first kappa shape index (κ1) is 23.5. The SMILES string of the molecule is Cc1cccc(CN2CCCN(c3nc(CC(C)C)nc4c3c(C)nn4-c3ccccc3)CC2)c1. The van der Waals surface area contributed by atoms with Gasteiger partial charge < -0.3 is 4.90 Å². The molecule has 35 heavy (non-hydrogen) atoms. The molecule has 4 aromatic rings. The molecule has 0 saturated carbocycles. The van der Waals surface area contributed by atoms with Crippen molar-refractivity contribution in [1.29, 1.82) is 0 Å². The van der Waals surface area contributed by atoms with Gasteiger partial charge in [0.25, 0.3) is 0 Å². The molecule has 0 unspecified atom stereocenters. The van der Waals surface area contributed by atoms with Gasteiger partial charge in [-0.2, -0.15) is 5.10 Å². The fourth-order valence-corrected chi connectivity index (χ4v) is 5.05. The number of benzene rings is 2. The van der Waals surface area contributed by atoms with E-state index in [4.69, 9.17) is 15.1 Å². The molecule has 1 saturated heterocycles. The molecular weight excluding hydrogens is 432 g/mol. The van der Waals surface area contributed by atoms with Gasteiger partial charge in [-0.3, -0.25) is 4.90 Å². The zero-order valence-electron chi connectivity index (χ0n) is 21.4. The minimum atomic E-state index is 0.489. The Morgan fingerprint density at radius 1 is 0.886 bits per heavy atom. The molecule has 0 aliphatic carbocycles. The van der Waals surface area contributed by atoms with Crippen LogP contribution in [-0.4, -0.2) is 50.8 Å². The summed E-state index contributed by atoms with van der Waals surface area (Å²) in [6.45, 7) is 13.8. The number of hydrogen-bond acceptors (Lipinski definition) is 5. The van der Waals surface area contributed by atoms with Crippen LogP contribution in [0.4, 0.5) is 5.82 Å². The molecule has 0 N–H and O–H groups in total. The molecule has 6 nitrogen and oxygen atoms in total. The summed E-state index contributed by atoms with van der Waals surface area (Å²) in [6, 6.07) is 19.2. The van der Waals surface area contributed by atoms with Crippen LogP contribution in [-0.2, 0) is 13.0 Å². The minimum Gasteiger partial charge on any atom is -0.355 e. The van der Waals surface area contributed by atoms with E-state index >= 15 is 0 Å². The summed E-state index contributed by atoms with van der Waals surface area (Å²) in [5, 5.41) is 5.99. The molecule has 0 spiro atoms. The second kappa shape index (κ2) is 10.2. The van der Waals surface area contributed by atoms with Crippen molar-refractivity contribution in [2.24, 2.45) is 5.92 Å². The largest absolute Gasteiger partial charge is 0.355 e. The molecule has 0 bridgehead atoms. The van der Waals surface area contributed by atoms with Gasteiger partial charge in [0.05, 0.1) is 16.8 Å². The van der Waals surface area contributed by atoms with Gasteiger partial charge in [-0.05, 0) is 43.9 Å². The molecule has 3 heterocycles. The van der Waals surface area contributed by atoms with E-state index < -0.39 is 0 Å². The summed E-state index contributed by atoms with van der Waals surface area (Å²) in [7, 11) is 0. The lowest BCUT2D eigenvalue weighted by Gasteiger charge is -2.24. The normalized spacial score (nSPS) is 15.2. The summed E-state index contributed by atoms with van der Waals surface area (Å²) >= 11 is 0. The molecule has 6 heteroatoms. The van der Waals surface area contributed by atoms with Crippen molar-refractivity contribution < 1.29 is 0 Å². The Hall–Kier alpha value is -3.25. The van der Waals surface area contributed by atoms with Gasteiger partial charge in [-0.1, -0.05) is 61.9 Å². The second-order valence-electron chi connectivity index (χ2n) is 10.2. The standard InChI is InChI=1S/C29H36N6/c1-21(2)18-26-30-28(27-23(4)32-35(29(27)31-26)25-12-6-5-7-13-25)34-15-9-14-33(16-17-34)20-24-11-8-10-22(3)19-24/h5-8,10-13,19,21H,9,14-18,20H2,1-4H3. The second-order valence-corrected chi connectivity index (χ2v) is 10.2. The van der Waals surface area contributed by atoms with Crippen molar-refractivity contribution in [1.82, 2.24) is 24.6 Å². The average molecular weight is 469 g/mol. The smallest absolute Gasteiger partial charge is 0.168 e. The first-order valence-electron chi connectivity index (χ1n) is 12.8. The Balaban J connectivity index is 1.48. The maximum atomic E-state index is 5.14. The van der Waals surface area contributed by atoms with Crippen LogP contribution in [0.15, 0.2) is 54.6 Å². The van der Waals surface area contributed by atoms with Crippen LogP contribution in [0.1, 0.15) is 42.9 Å². The van der Waals surface area contributed by atoms with E-state index in [1.165, 1.54) is 11.1 Å². The molecule has 0 amide bonds. The van der Waals surface area contributed by atoms with Crippen molar-refractivity contribution in [3.63, 3.8) is 0 Å². The summed E-state index contributed by atoms with van der Waals surface area (Å²) in [5.74, 6) is 2.44. The third kappa shape index (κ3) is 5.22. The van der Waals surface area contributed by atoms with Crippen LogP contribution >= 0.6 is 0 Å². The summed E-state index contributed by atoms with van der Waals surface area (Å²) in [4.78, 5) is 15.2. The fraction of sp³-hybridized carbons (Fsp3) is 0.414. The van der Waals surface area contributed by atoms with Crippen LogP contribution in [0, 0.1) is 19.8 Å². The zero-order chi connectivity index (χ0) is 24.4. The molecule has 1 aliphatic heterocycles. The van der Waals surface area contributed by atoms with Crippen LogP contribution in [0.3, 0.4) is 0 Å². The number of rotatable bonds is 6. The Bertz CT molecular complexity index is 1290. The lowest BCUT2D eigenvalue weighted by Crippen LogP contribution is -2.31. The van der Waals surface area contributed by atoms with Gasteiger partial charge in [0, 0.05) is 39.1 Å². The Kier molecular flexibility index (Phi) is 6.82. The van der Waals surface area contributed by atoms with Crippen molar-refractivity contribution in [3.05, 3.63) is 77.2 Å². The molecule has 0 radical (unpaired) electrons. The molecule has 0 atom stereocenters. The number of hydrogen-bond donors (Lipinski definition) is 0. The van der Waals surface area contributed by atoms with E-state index in [1.807, 2.05) is 22.9 Å². The number of anilines is 1. The molecule has 2 aromatic carbocycles. The minimum absolute atomic E-state index is 0.489. The molecule has 5 rings (SSSR count). The Morgan fingerprint density at radius 3 is 2.49 bits per heavy atom. The first-order valence-corrected chi connectivity index (χ1v) is 12.8. The van der Waals surface area contributed by atoms with Crippen molar-refractivity contribution >= 4 is 16.9 Å². The maximum absolute atomic E-state index is 5.14. The number of aromatic nitrogens is 4. The maximum Gasteiger partial charge on any atom is 0.168 e. The number of nitrogens with zero attached hydrogens (tertiary/aromatic N) is 6.